The lowest BCUT2D eigenvalue weighted by Gasteiger charge is -2.31. The molecule has 1 aromatic heterocycles. The first kappa shape index (κ1) is 13.1. The fourth-order valence-corrected chi connectivity index (χ4v) is 2.25. The molecule has 5 nitrogen and oxygen atoms in total. The van der Waals surface area contributed by atoms with E-state index in [-0.39, 0.29) is 11.5 Å². The molecule has 1 fully saturated rings. The van der Waals surface area contributed by atoms with Crippen LogP contribution in [0.15, 0.2) is 10.9 Å². The zero-order chi connectivity index (χ0) is 13.1. The van der Waals surface area contributed by atoms with E-state index in [2.05, 4.69) is 27.5 Å². The second-order valence-corrected chi connectivity index (χ2v) is 5.31. The molecule has 0 aliphatic carbocycles. The minimum absolute atomic E-state index is 0.0902. The second-order valence-electron chi connectivity index (χ2n) is 5.31. The highest BCUT2D eigenvalue weighted by molar-refractivity contribution is 5.35. The van der Waals surface area contributed by atoms with Crippen LogP contribution in [0.4, 0.5) is 5.82 Å². The number of aromatic nitrogens is 2. The van der Waals surface area contributed by atoms with E-state index in [1.54, 1.807) is 0 Å². The van der Waals surface area contributed by atoms with Crippen LogP contribution in [-0.2, 0) is 0 Å². The molecule has 2 unspecified atom stereocenters. The Morgan fingerprint density at radius 3 is 2.94 bits per heavy atom. The summed E-state index contributed by atoms with van der Waals surface area (Å²) in [7, 11) is 0. The predicted molar refractivity (Wildman–Crippen MR) is 73.1 cm³/mol. The van der Waals surface area contributed by atoms with Crippen LogP contribution >= 0.6 is 0 Å². The molecule has 0 bridgehead atoms. The van der Waals surface area contributed by atoms with Crippen molar-refractivity contribution in [2.45, 2.75) is 51.6 Å². The second kappa shape index (κ2) is 5.52. The van der Waals surface area contributed by atoms with Crippen LogP contribution in [0, 0.1) is 0 Å². The minimum atomic E-state index is -0.0902. The van der Waals surface area contributed by atoms with Gasteiger partial charge in [-0.1, -0.05) is 13.8 Å². The highest BCUT2D eigenvalue weighted by Crippen LogP contribution is 2.15. The molecule has 1 aliphatic heterocycles. The molecule has 3 N–H and O–H groups in total. The third kappa shape index (κ3) is 3.10. The number of nitrogens with one attached hydrogen (secondary N) is 3. The summed E-state index contributed by atoms with van der Waals surface area (Å²) < 4.78 is 0. The van der Waals surface area contributed by atoms with Crippen molar-refractivity contribution >= 4 is 5.82 Å². The van der Waals surface area contributed by atoms with E-state index in [4.69, 9.17) is 0 Å². The van der Waals surface area contributed by atoms with E-state index < -0.39 is 0 Å². The van der Waals surface area contributed by atoms with Crippen molar-refractivity contribution in [3.8, 4) is 0 Å². The highest BCUT2D eigenvalue weighted by atomic mass is 16.1. The van der Waals surface area contributed by atoms with Crippen LogP contribution < -0.4 is 16.2 Å². The van der Waals surface area contributed by atoms with Gasteiger partial charge in [-0.25, -0.2) is 4.98 Å². The van der Waals surface area contributed by atoms with Gasteiger partial charge in [-0.2, -0.15) is 0 Å². The Bertz CT molecular complexity index is 455. The van der Waals surface area contributed by atoms with E-state index in [9.17, 15) is 4.79 Å². The Labute approximate surface area is 107 Å². The zero-order valence-electron chi connectivity index (χ0n) is 11.3. The fraction of sp³-hybridized carbons (Fsp3) is 0.692. The van der Waals surface area contributed by atoms with Crippen LogP contribution in [0.3, 0.4) is 0 Å². The van der Waals surface area contributed by atoms with Gasteiger partial charge in [0, 0.05) is 24.1 Å². The van der Waals surface area contributed by atoms with Crippen LogP contribution in [0.25, 0.3) is 0 Å². The normalized spacial score (nSPS) is 24.2. The molecule has 0 spiro atoms. The summed E-state index contributed by atoms with van der Waals surface area (Å²) in [4.78, 5) is 18.8. The first-order valence-electron chi connectivity index (χ1n) is 6.67. The van der Waals surface area contributed by atoms with Crippen molar-refractivity contribution in [2.75, 3.05) is 11.9 Å². The number of nitrogens with zero attached hydrogens (tertiary/aromatic N) is 1. The molecule has 0 aromatic carbocycles. The predicted octanol–water partition coefficient (Wildman–Crippen LogP) is 1.45. The summed E-state index contributed by atoms with van der Waals surface area (Å²) in [6, 6.07) is 2.28. The molecule has 0 radical (unpaired) electrons. The number of anilines is 1. The Balaban J connectivity index is 2.15. The summed E-state index contributed by atoms with van der Waals surface area (Å²) in [6.07, 6.45) is 2.27. The maximum atomic E-state index is 11.6. The number of H-pyrrole nitrogens is 1. The van der Waals surface area contributed by atoms with Crippen LogP contribution in [0.2, 0.25) is 0 Å². The molecule has 1 aromatic rings. The quantitative estimate of drug-likeness (QED) is 0.759. The Morgan fingerprint density at radius 2 is 2.28 bits per heavy atom. The Kier molecular flexibility index (Phi) is 4.01. The average molecular weight is 250 g/mol. The smallest absolute Gasteiger partial charge is 0.252 e. The first-order valence-corrected chi connectivity index (χ1v) is 6.67. The lowest BCUT2D eigenvalue weighted by Crippen LogP contribution is -2.46. The van der Waals surface area contributed by atoms with E-state index in [0.717, 1.165) is 25.2 Å². The molecule has 100 valence electrons. The molecular formula is C13H22N4O. The summed E-state index contributed by atoms with van der Waals surface area (Å²) in [5, 5.41) is 6.80. The molecule has 2 heterocycles. The van der Waals surface area contributed by atoms with Crippen molar-refractivity contribution in [3.63, 3.8) is 0 Å². The Morgan fingerprint density at radius 1 is 1.50 bits per heavy atom. The molecule has 2 atom stereocenters. The van der Waals surface area contributed by atoms with Gasteiger partial charge in [0.2, 0.25) is 0 Å². The average Bonchev–Trinajstić information content (AvgIpc) is 2.31. The van der Waals surface area contributed by atoms with Crippen LogP contribution in [0.1, 0.15) is 45.4 Å². The molecular weight excluding hydrogens is 228 g/mol. The van der Waals surface area contributed by atoms with E-state index in [1.165, 1.54) is 6.07 Å². The maximum Gasteiger partial charge on any atom is 0.252 e. The largest absolute Gasteiger partial charge is 0.366 e. The zero-order valence-corrected chi connectivity index (χ0v) is 11.3. The van der Waals surface area contributed by atoms with Gasteiger partial charge in [0.05, 0.1) is 0 Å². The fourth-order valence-electron chi connectivity index (χ4n) is 2.25. The monoisotopic (exact) mass is 250 g/mol. The third-order valence-corrected chi connectivity index (χ3v) is 3.40. The van der Waals surface area contributed by atoms with Gasteiger partial charge in [-0.3, -0.25) is 4.79 Å². The highest BCUT2D eigenvalue weighted by Gasteiger charge is 2.21. The van der Waals surface area contributed by atoms with Crippen LogP contribution in [-0.4, -0.2) is 28.6 Å². The van der Waals surface area contributed by atoms with Gasteiger partial charge in [0.15, 0.2) is 0 Å². The van der Waals surface area contributed by atoms with E-state index in [1.807, 2.05) is 13.8 Å². The van der Waals surface area contributed by atoms with E-state index in [0.29, 0.717) is 17.9 Å². The van der Waals surface area contributed by atoms with Crippen LogP contribution in [0.5, 0.6) is 0 Å². The first-order chi connectivity index (χ1) is 8.56. The van der Waals surface area contributed by atoms with Crippen molar-refractivity contribution in [3.05, 3.63) is 22.2 Å². The van der Waals surface area contributed by atoms with Crippen molar-refractivity contribution < 1.29 is 0 Å². The number of hydrogen-bond donors (Lipinski definition) is 3. The summed E-state index contributed by atoms with van der Waals surface area (Å²) in [5.74, 6) is 1.64. The number of hydrogen-bond acceptors (Lipinski definition) is 4. The minimum Gasteiger partial charge on any atom is -0.366 e. The van der Waals surface area contributed by atoms with Gasteiger partial charge in [0.25, 0.3) is 5.56 Å². The van der Waals surface area contributed by atoms with Crippen molar-refractivity contribution in [1.82, 2.24) is 15.3 Å². The summed E-state index contributed by atoms with van der Waals surface area (Å²) in [6.45, 7) is 7.27. The molecule has 1 saturated heterocycles. The lowest BCUT2D eigenvalue weighted by atomic mass is 10.00. The third-order valence-electron chi connectivity index (χ3n) is 3.40. The molecule has 0 saturated carbocycles. The number of aromatic amines is 1. The SMILES string of the molecule is CC(C)c1nc(NC2CCCNC2C)cc(=O)[nH]1. The molecule has 1 aliphatic rings. The maximum absolute atomic E-state index is 11.6. The van der Waals surface area contributed by atoms with Gasteiger partial charge in [-0.15, -0.1) is 0 Å². The van der Waals surface area contributed by atoms with Gasteiger partial charge in [-0.05, 0) is 26.3 Å². The molecule has 2 rings (SSSR count). The van der Waals surface area contributed by atoms with E-state index >= 15 is 0 Å². The topological polar surface area (TPSA) is 69.8 Å². The summed E-state index contributed by atoms with van der Waals surface area (Å²) >= 11 is 0. The van der Waals surface area contributed by atoms with Gasteiger partial charge < -0.3 is 15.6 Å². The Hall–Kier alpha value is -1.36. The number of piperidine rings is 1. The number of rotatable bonds is 3. The lowest BCUT2D eigenvalue weighted by molar-refractivity contribution is 0.388. The molecule has 0 amide bonds. The van der Waals surface area contributed by atoms with Gasteiger partial charge >= 0.3 is 0 Å². The molecule has 18 heavy (non-hydrogen) atoms. The van der Waals surface area contributed by atoms with Crippen molar-refractivity contribution in [2.24, 2.45) is 0 Å². The summed E-state index contributed by atoms with van der Waals surface area (Å²) in [5.41, 5.74) is -0.0902. The standard InChI is InChI=1S/C13H22N4O/c1-8(2)13-16-11(7-12(18)17-13)15-10-5-4-6-14-9(10)3/h7-10,14H,4-6H2,1-3H3,(H2,15,16,17,18). The molecule has 5 heteroatoms. The van der Waals surface area contributed by atoms with Crippen molar-refractivity contribution in [1.29, 1.82) is 0 Å². The van der Waals surface area contributed by atoms with Gasteiger partial charge in [0.1, 0.15) is 11.6 Å².